The number of anilines is 2. The summed E-state index contributed by atoms with van der Waals surface area (Å²) >= 11 is 3.11. The number of aliphatic carboxylic acids is 1. The summed E-state index contributed by atoms with van der Waals surface area (Å²) in [6.07, 6.45) is 3.87. The number of carbonyl (C=O) groups excluding carboxylic acids is 2. The maximum absolute atomic E-state index is 13.6. The summed E-state index contributed by atoms with van der Waals surface area (Å²) in [5.41, 5.74) is -2.68. The van der Waals surface area contributed by atoms with E-state index >= 15 is 0 Å². The standard InChI is InChI=1S/C33H46N2O8S2/c1-6-31(4)13-22(32(5)18(2)7-9-33(19(3)30(31)42)10-8-21(36)29(32)33)43-24(39)17-45-16-20-15-44-12-11-35(20)26-25(27(40)28(26)41)34-14-23(37)38/h6,18-20,22,29-30,34,42H,1,7-17H2,2-5H3,(H,37,38)/t18-,19+,20?,22-,29+,30+,31-,32+,33+/m1/s1. The van der Waals surface area contributed by atoms with Crippen LogP contribution in [0.5, 0.6) is 0 Å². The van der Waals surface area contributed by atoms with Crippen molar-refractivity contribution in [1.82, 2.24) is 0 Å². The summed E-state index contributed by atoms with van der Waals surface area (Å²) in [5, 5.41) is 23.3. The van der Waals surface area contributed by atoms with E-state index in [2.05, 4.69) is 32.7 Å². The summed E-state index contributed by atoms with van der Waals surface area (Å²) in [5.74, 6) is 0.480. The molecular weight excluding hydrogens is 617 g/mol. The first-order chi connectivity index (χ1) is 21.2. The van der Waals surface area contributed by atoms with Gasteiger partial charge in [0.15, 0.2) is 0 Å². The zero-order valence-electron chi connectivity index (χ0n) is 26.6. The third-order valence-electron chi connectivity index (χ3n) is 11.9. The molecule has 1 unspecified atom stereocenters. The zero-order chi connectivity index (χ0) is 32.9. The van der Waals surface area contributed by atoms with Crippen molar-refractivity contribution in [3.8, 4) is 0 Å². The van der Waals surface area contributed by atoms with E-state index in [9.17, 15) is 29.1 Å². The summed E-state index contributed by atoms with van der Waals surface area (Å²) in [7, 11) is 0. The van der Waals surface area contributed by atoms with Crippen LogP contribution in [0.1, 0.15) is 59.8 Å². The lowest BCUT2D eigenvalue weighted by molar-refractivity contribution is -0.205. The van der Waals surface area contributed by atoms with E-state index in [1.807, 2.05) is 11.8 Å². The Kier molecular flexibility index (Phi) is 9.61. The summed E-state index contributed by atoms with van der Waals surface area (Å²) < 4.78 is 6.36. The molecule has 1 aliphatic heterocycles. The second kappa shape index (κ2) is 12.7. The van der Waals surface area contributed by atoms with E-state index in [1.54, 1.807) is 17.8 Å². The third-order valence-corrected chi connectivity index (χ3v) is 14.1. The van der Waals surface area contributed by atoms with E-state index in [1.165, 1.54) is 11.8 Å². The largest absolute Gasteiger partial charge is 0.480 e. The second-order valence-electron chi connectivity index (χ2n) is 14.1. The Morgan fingerprint density at radius 3 is 2.62 bits per heavy atom. The minimum absolute atomic E-state index is 0.0437. The van der Waals surface area contributed by atoms with Gasteiger partial charge in [-0.25, -0.2) is 0 Å². The molecule has 3 saturated carbocycles. The fraction of sp³-hybridized carbons (Fsp3) is 0.727. The maximum Gasteiger partial charge on any atom is 0.322 e. The fourth-order valence-corrected chi connectivity index (χ4v) is 11.2. The number of nitrogens with one attached hydrogen (secondary N) is 1. The molecule has 45 heavy (non-hydrogen) atoms. The van der Waals surface area contributed by atoms with Gasteiger partial charge in [0, 0.05) is 53.0 Å². The highest BCUT2D eigenvalue weighted by molar-refractivity contribution is 8.00. The topological polar surface area (TPSA) is 150 Å². The van der Waals surface area contributed by atoms with Crippen LogP contribution >= 0.6 is 23.5 Å². The van der Waals surface area contributed by atoms with Crippen molar-refractivity contribution < 1.29 is 29.3 Å². The lowest BCUT2D eigenvalue weighted by Gasteiger charge is -2.61. The van der Waals surface area contributed by atoms with E-state index in [4.69, 9.17) is 9.84 Å². The highest BCUT2D eigenvalue weighted by atomic mass is 32.2. The smallest absolute Gasteiger partial charge is 0.322 e. The van der Waals surface area contributed by atoms with E-state index in [-0.39, 0.29) is 58.1 Å². The molecule has 2 bridgehead atoms. The quantitative estimate of drug-likeness (QED) is 0.192. The number of aliphatic hydroxyl groups excluding tert-OH is 1. The molecular formula is C33H46N2O8S2. The number of esters is 1. The van der Waals surface area contributed by atoms with E-state index in [0.717, 1.165) is 25.0 Å². The van der Waals surface area contributed by atoms with Gasteiger partial charge in [-0.05, 0) is 42.9 Å². The van der Waals surface area contributed by atoms with Crippen molar-refractivity contribution in [2.24, 2.45) is 34.0 Å². The summed E-state index contributed by atoms with van der Waals surface area (Å²) in [6.45, 7) is 12.5. The van der Waals surface area contributed by atoms with Crippen LogP contribution in [-0.4, -0.2) is 82.3 Å². The van der Waals surface area contributed by atoms with Gasteiger partial charge in [-0.1, -0.05) is 33.8 Å². The molecule has 1 aromatic carbocycles. The van der Waals surface area contributed by atoms with Crippen LogP contribution in [0.3, 0.4) is 0 Å². The molecule has 248 valence electrons. The van der Waals surface area contributed by atoms with Crippen LogP contribution < -0.4 is 21.1 Å². The van der Waals surface area contributed by atoms with Crippen LogP contribution in [0.2, 0.25) is 0 Å². The molecule has 1 aromatic rings. The van der Waals surface area contributed by atoms with Gasteiger partial charge in [-0.3, -0.25) is 24.0 Å². The number of ether oxygens (including phenoxy) is 1. The minimum Gasteiger partial charge on any atom is -0.480 e. The predicted molar refractivity (Wildman–Crippen MR) is 178 cm³/mol. The monoisotopic (exact) mass is 662 g/mol. The Balaban J connectivity index is 1.32. The van der Waals surface area contributed by atoms with Gasteiger partial charge >= 0.3 is 11.9 Å². The number of rotatable bonds is 10. The average molecular weight is 663 g/mol. The number of hydrogen-bond donors (Lipinski definition) is 3. The van der Waals surface area contributed by atoms with Crippen molar-refractivity contribution in [2.75, 3.05) is 46.3 Å². The van der Waals surface area contributed by atoms with Crippen LogP contribution in [0.4, 0.5) is 11.4 Å². The number of thioether (sulfide) groups is 2. The van der Waals surface area contributed by atoms with Crippen LogP contribution in [-0.2, 0) is 19.1 Å². The molecule has 0 aromatic heterocycles. The first-order valence-electron chi connectivity index (χ1n) is 16.0. The summed E-state index contributed by atoms with van der Waals surface area (Å²) in [6, 6.07) is -0.134. The Morgan fingerprint density at radius 1 is 1.20 bits per heavy atom. The van der Waals surface area contributed by atoms with Gasteiger partial charge in [-0.15, -0.1) is 18.3 Å². The lowest BCUT2D eigenvalue weighted by atomic mass is 9.44. The van der Waals surface area contributed by atoms with Gasteiger partial charge in [0.1, 0.15) is 29.8 Å². The van der Waals surface area contributed by atoms with Crippen molar-refractivity contribution in [1.29, 1.82) is 0 Å². The van der Waals surface area contributed by atoms with Gasteiger partial charge in [0.25, 0.3) is 10.9 Å². The van der Waals surface area contributed by atoms with Gasteiger partial charge in [0.05, 0.1) is 11.9 Å². The van der Waals surface area contributed by atoms with Crippen LogP contribution in [0.15, 0.2) is 22.2 Å². The Labute approximate surface area is 272 Å². The maximum atomic E-state index is 13.6. The summed E-state index contributed by atoms with van der Waals surface area (Å²) in [4.78, 5) is 64.8. The number of carbonyl (C=O) groups is 3. The first-order valence-corrected chi connectivity index (χ1v) is 18.3. The predicted octanol–water partition coefficient (Wildman–Crippen LogP) is 3.34. The highest BCUT2D eigenvalue weighted by Crippen LogP contribution is 2.68. The van der Waals surface area contributed by atoms with E-state index < -0.39 is 46.4 Å². The number of Topliss-reactive ketones (excluding diaryl/α,β-unsaturated/α-hetero) is 1. The highest BCUT2D eigenvalue weighted by Gasteiger charge is 2.68. The molecule has 5 rings (SSSR count). The third kappa shape index (κ3) is 5.66. The minimum atomic E-state index is -1.13. The number of ketones is 1. The van der Waals surface area contributed by atoms with Crippen molar-refractivity contribution >= 4 is 52.6 Å². The second-order valence-corrected chi connectivity index (χ2v) is 16.3. The van der Waals surface area contributed by atoms with Crippen molar-refractivity contribution in [2.45, 2.75) is 78.0 Å². The molecule has 1 saturated heterocycles. The number of aliphatic hydroxyl groups is 1. The molecule has 10 nitrogen and oxygen atoms in total. The van der Waals surface area contributed by atoms with Gasteiger partial charge in [0.2, 0.25) is 0 Å². The molecule has 12 heteroatoms. The molecule has 9 atom stereocenters. The normalized spacial score (nSPS) is 38.2. The Morgan fingerprint density at radius 2 is 1.93 bits per heavy atom. The van der Waals surface area contributed by atoms with Crippen LogP contribution in [0, 0.1) is 34.0 Å². The molecule has 3 aliphatic carbocycles. The molecule has 1 heterocycles. The average Bonchev–Trinajstić information content (AvgIpc) is 3.37. The first kappa shape index (κ1) is 34.0. The molecule has 4 fully saturated rings. The number of hydrogen-bond acceptors (Lipinski definition) is 11. The molecule has 0 radical (unpaired) electrons. The number of carboxylic acids is 1. The molecule has 0 amide bonds. The molecule has 0 spiro atoms. The Hall–Kier alpha value is -2.31. The molecule has 3 N–H and O–H groups in total. The van der Waals surface area contributed by atoms with Crippen molar-refractivity contribution in [3.05, 3.63) is 33.1 Å². The SMILES string of the molecule is C=C[C@]1(C)C[C@@H](OC(=O)CSCC2CSCCN2c2c(NCC(=O)O)c(=O)c2=O)[C@]2(C)[C@H](C)CC[C@]3(CCC(=O)[C@H]32)[C@@H](C)[C@@H]1O. The van der Waals surface area contributed by atoms with Gasteiger partial charge in [-0.2, -0.15) is 11.8 Å². The Bertz CT molecular complexity index is 1430. The van der Waals surface area contributed by atoms with E-state index in [0.29, 0.717) is 30.9 Å². The molecule has 4 aliphatic rings. The lowest BCUT2D eigenvalue weighted by Crippen LogP contribution is -2.63. The van der Waals surface area contributed by atoms with Crippen LogP contribution in [0.25, 0.3) is 0 Å². The number of carboxylic acid groups (broad SMARTS) is 1. The fourth-order valence-electron chi connectivity index (χ4n) is 9.04. The van der Waals surface area contributed by atoms with Crippen molar-refractivity contribution in [3.63, 3.8) is 0 Å². The number of nitrogens with zero attached hydrogens (tertiary/aromatic N) is 1. The van der Waals surface area contributed by atoms with Gasteiger partial charge < -0.3 is 25.2 Å². The zero-order valence-corrected chi connectivity index (χ0v) is 28.3.